The number of halogens is 2. The van der Waals surface area contributed by atoms with Gasteiger partial charge in [-0.15, -0.1) is 0 Å². The molecule has 30 heavy (non-hydrogen) atoms. The van der Waals surface area contributed by atoms with E-state index in [9.17, 15) is 9.18 Å². The molecule has 0 aliphatic carbocycles. The Morgan fingerprint density at radius 3 is 2.63 bits per heavy atom. The van der Waals surface area contributed by atoms with Gasteiger partial charge in [-0.05, 0) is 62.2 Å². The summed E-state index contributed by atoms with van der Waals surface area (Å²) in [6.45, 7) is 4.54. The van der Waals surface area contributed by atoms with Gasteiger partial charge in [0.1, 0.15) is 0 Å². The number of methoxy groups -OCH3 is 1. The lowest BCUT2D eigenvalue weighted by Crippen LogP contribution is -2.40. The Bertz CT molecular complexity index is 858. The Kier molecular flexibility index (Phi) is 8.08. The maximum absolute atomic E-state index is 13.9. The third-order valence-corrected chi connectivity index (χ3v) is 5.93. The van der Waals surface area contributed by atoms with Crippen molar-refractivity contribution in [2.24, 2.45) is 0 Å². The Morgan fingerprint density at radius 1 is 1.23 bits per heavy atom. The smallest absolute Gasteiger partial charge is 0.234 e. The van der Waals surface area contributed by atoms with E-state index in [2.05, 4.69) is 15.5 Å². The molecule has 0 bridgehead atoms. The molecule has 1 fully saturated rings. The average molecular weight is 434 g/mol. The van der Waals surface area contributed by atoms with Crippen molar-refractivity contribution in [2.75, 3.05) is 33.3 Å². The van der Waals surface area contributed by atoms with Gasteiger partial charge in [0.2, 0.25) is 5.91 Å². The molecule has 0 aromatic heterocycles. The highest BCUT2D eigenvalue weighted by Crippen LogP contribution is 2.29. The summed E-state index contributed by atoms with van der Waals surface area (Å²) in [6.07, 6.45) is 2.32. The maximum atomic E-state index is 13.9. The van der Waals surface area contributed by atoms with Crippen LogP contribution in [-0.2, 0) is 4.79 Å². The van der Waals surface area contributed by atoms with Crippen LogP contribution in [0.2, 0.25) is 5.02 Å². The van der Waals surface area contributed by atoms with Gasteiger partial charge in [0, 0.05) is 17.6 Å². The van der Waals surface area contributed by atoms with Gasteiger partial charge in [-0.2, -0.15) is 0 Å². The second kappa shape index (κ2) is 10.8. The molecule has 1 amide bonds. The number of hydrogen-bond donors (Lipinski definition) is 2. The van der Waals surface area contributed by atoms with Gasteiger partial charge in [0.25, 0.3) is 0 Å². The van der Waals surface area contributed by atoms with Crippen LogP contribution in [-0.4, -0.2) is 44.1 Å². The molecule has 5 nitrogen and oxygen atoms in total. The predicted molar refractivity (Wildman–Crippen MR) is 117 cm³/mol. The molecule has 1 aliphatic rings. The number of rotatable bonds is 9. The SMILES string of the molecule is COc1ccc(C(C)NCC(=O)NCC(c2ccccc2Cl)N2CCCC2)cc1F. The third-order valence-electron chi connectivity index (χ3n) is 5.58. The van der Waals surface area contributed by atoms with Gasteiger partial charge in [0.05, 0.1) is 19.7 Å². The summed E-state index contributed by atoms with van der Waals surface area (Å²) in [7, 11) is 1.43. The Balaban J connectivity index is 1.55. The second-order valence-corrected chi connectivity index (χ2v) is 7.99. The highest BCUT2D eigenvalue weighted by atomic mass is 35.5. The van der Waals surface area contributed by atoms with Crippen molar-refractivity contribution >= 4 is 17.5 Å². The fourth-order valence-electron chi connectivity index (χ4n) is 3.82. The van der Waals surface area contributed by atoms with Gasteiger partial charge < -0.3 is 15.4 Å². The molecule has 3 rings (SSSR count). The lowest BCUT2D eigenvalue weighted by molar-refractivity contribution is -0.120. The minimum atomic E-state index is -0.415. The average Bonchev–Trinajstić information content (AvgIpc) is 3.28. The van der Waals surface area contributed by atoms with E-state index in [-0.39, 0.29) is 30.3 Å². The second-order valence-electron chi connectivity index (χ2n) is 7.58. The number of amides is 1. The van der Waals surface area contributed by atoms with Crippen LogP contribution in [0.15, 0.2) is 42.5 Å². The summed E-state index contributed by atoms with van der Waals surface area (Å²) in [5.74, 6) is -0.315. The Morgan fingerprint density at radius 2 is 1.97 bits per heavy atom. The fraction of sp³-hybridized carbons (Fsp3) is 0.435. The molecule has 0 radical (unpaired) electrons. The van der Waals surface area contributed by atoms with Crippen LogP contribution < -0.4 is 15.4 Å². The Labute approximate surface area is 182 Å². The first kappa shape index (κ1) is 22.5. The van der Waals surface area contributed by atoms with Crippen LogP contribution in [0.3, 0.4) is 0 Å². The zero-order chi connectivity index (χ0) is 21.5. The summed E-state index contributed by atoms with van der Waals surface area (Å²) in [6, 6.07) is 12.5. The first-order valence-electron chi connectivity index (χ1n) is 10.3. The minimum Gasteiger partial charge on any atom is -0.494 e. The van der Waals surface area contributed by atoms with Crippen LogP contribution in [0.5, 0.6) is 5.75 Å². The number of hydrogen-bond acceptors (Lipinski definition) is 4. The molecule has 7 heteroatoms. The first-order chi connectivity index (χ1) is 14.5. The number of carbonyl (C=O) groups is 1. The zero-order valence-electron chi connectivity index (χ0n) is 17.5. The zero-order valence-corrected chi connectivity index (χ0v) is 18.2. The molecule has 2 aromatic carbocycles. The van der Waals surface area contributed by atoms with E-state index in [1.807, 2.05) is 31.2 Å². The molecule has 162 valence electrons. The highest BCUT2D eigenvalue weighted by molar-refractivity contribution is 6.31. The summed E-state index contributed by atoms with van der Waals surface area (Å²) in [4.78, 5) is 14.8. The van der Waals surface area contributed by atoms with Crippen molar-refractivity contribution in [2.45, 2.75) is 31.8 Å². The highest BCUT2D eigenvalue weighted by Gasteiger charge is 2.25. The number of ether oxygens (including phenoxy) is 1. The van der Waals surface area contributed by atoms with Crippen molar-refractivity contribution in [3.8, 4) is 5.75 Å². The largest absolute Gasteiger partial charge is 0.494 e. The maximum Gasteiger partial charge on any atom is 0.234 e. The predicted octanol–water partition coefficient (Wildman–Crippen LogP) is 4.09. The number of nitrogens with zero attached hydrogens (tertiary/aromatic N) is 1. The molecule has 1 saturated heterocycles. The van der Waals surface area contributed by atoms with Crippen LogP contribution in [0.4, 0.5) is 4.39 Å². The van der Waals surface area contributed by atoms with E-state index in [0.717, 1.165) is 42.1 Å². The van der Waals surface area contributed by atoms with Crippen LogP contribution >= 0.6 is 11.6 Å². The van der Waals surface area contributed by atoms with E-state index in [0.29, 0.717) is 6.54 Å². The standard InChI is InChI=1S/C23H29ClFN3O2/c1-16(17-9-10-22(30-2)20(25)13-17)26-15-23(29)27-14-21(28-11-5-6-12-28)18-7-3-4-8-19(18)24/h3-4,7-10,13,16,21,26H,5-6,11-12,14-15H2,1-2H3,(H,27,29). The molecule has 1 aliphatic heterocycles. The molecular formula is C23H29ClFN3O2. The van der Waals surface area contributed by atoms with E-state index in [1.165, 1.54) is 13.2 Å². The number of carbonyl (C=O) groups excluding carboxylic acids is 1. The van der Waals surface area contributed by atoms with Gasteiger partial charge >= 0.3 is 0 Å². The monoisotopic (exact) mass is 433 g/mol. The van der Waals surface area contributed by atoms with E-state index in [1.54, 1.807) is 12.1 Å². The fourth-order valence-corrected chi connectivity index (χ4v) is 4.08. The quantitative estimate of drug-likeness (QED) is 0.625. The van der Waals surface area contributed by atoms with Crippen molar-refractivity contribution in [3.05, 3.63) is 64.4 Å². The molecule has 1 heterocycles. The van der Waals surface area contributed by atoms with E-state index < -0.39 is 5.82 Å². The van der Waals surface area contributed by atoms with Crippen LogP contribution in [0.25, 0.3) is 0 Å². The third kappa shape index (κ3) is 5.72. The van der Waals surface area contributed by atoms with Gasteiger partial charge in [0.15, 0.2) is 11.6 Å². The van der Waals surface area contributed by atoms with E-state index >= 15 is 0 Å². The van der Waals surface area contributed by atoms with Gasteiger partial charge in [-0.25, -0.2) is 4.39 Å². The van der Waals surface area contributed by atoms with Crippen molar-refractivity contribution in [1.29, 1.82) is 0 Å². The lowest BCUT2D eigenvalue weighted by Gasteiger charge is -2.29. The lowest BCUT2D eigenvalue weighted by atomic mass is 10.1. The summed E-state index contributed by atoms with van der Waals surface area (Å²) in [5.41, 5.74) is 1.79. The summed E-state index contributed by atoms with van der Waals surface area (Å²) < 4.78 is 18.9. The summed E-state index contributed by atoms with van der Waals surface area (Å²) in [5, 5.41) is 6.89. The minimum absolute atomic E-state index is 0.0539. The van der Waals surface area contributed by atoms with Crippen molar-refractivity contribution in [1.82, 2.24) is 15.5 Å². The molecule has 2 unspecified atom stereocenters. The normalized spacial score (nSPS) is 16.3. The number of nitrogens with one attached hydrogen (secondary N) is 2. The number of likely N-dealkylation sites (tertiary alicyclic amines) is 1. The molecule has 2 N–H and O–H groups in total. The topological polar surface area (TPSA) is 53.6 Å². The van der Waals surface area contributed by atoms with Crippen molar-refractivity contribution in [3.63, 3.8) is 0 Å². The number of benzene rings is 2. The molecule has 2 atom stereocenters. The van der Waals surface area contributed by atoms with Crippen LogP contribution in [0, 0.1) is 5.82 Å². The van der Waals surface area contributed by atoms with Crippen LogP contribution in [0.1, 0.15) is 43.0 Å². The molecular weight excluding hydrogens is 405 g/mol. The van der Waals surface area contributed by atoms with Crippen molar-refractivity contribution < 1.29 is 13.9 Å². The molecule has 0 spiro atoms. The van der Waals surface area contributed by atoms with Gasteiger partial charge in [-0.1, -0.05) is 35.9 Å². The molecule has 0 saturated carbocycles. The van der Waals surface area contributed by atoms with Gasteiger partial charge in [-0.3, -0.25) is 9.69 Å². The molecule has 2 aromatic rings. The summed E-state index contributed by atoms with van der Waals surface area (Å²) >= 11 is 6.43. The Hall–Kier alpha value is -2.15. The first-order valence-corrected chi connectivity index (χ1v) is 10.7. The van der Waals surface area contributed by atoms with E-state index in [4.69, 9.17) is 16.3 Å².